The number of benzene rings is 1. The zero-order valence-corrected chi connectivity index (χ0v) is 22.5. The van der Waals surface area contributed by atoms with Crippen LogP contribution >= 0.6 is 20.0 Å². The molecular weight excluding hydrogens is 539 g/mol. The van der Waals surface area contributed by atoms with E-state index in [1.54, 1.807) is 44.2 Å². The van der Waals surface area contributed by atoms with Gasteiger partial charge in [-0.15, -0.1) is 0 Å². The number of esters is 1. The molecule has 38 heavy (non-hydrogen) atoms. The first-order valence-electron chi connectivity index (χ1n) is 11.6. The van der Waals surface area contributed by atoms with E-state index < -0.39 is 44.3 Å². The molecule has 0 aliphatic carbocycles. The predicted octanol–water partition coefficient (Wildman–Crippen LogP) is 1.61. The number of para-hydroxylation sites is 1. The minimum Gasteiger partial charge on any atom is -0.462 e. The van der Waals surface area contributed by atoms with Crippen molar-refractivity contribution in [1.29, 1.82) is 0 Å². The number of aromatic nitrogens is 4. The van der Waals surface area contributed by atoms with Crippen molar-refractivity contribution >= 4 is 43.0 Å². The number of nitrogens with zero attached hydrogens (tertiary/aromatic N) is 3. The summed E-state index contributed by atoms with van der Waals surface area (Å²) in [6.45, 7) is 3.96. The number of nitrogens with two attached hydrogens (primary N) is 1. The van der Waals surface area contributed by atoms with Gasteiger partial charge < -0.3 is 34.9 Å². The number of ether oxygens (including phenoxy) is 2. The molecule has 5 atom stereocenters. The number of nitrogen functional groups attached to an aromatic ring is 1. The van der Waals surface area contributed by atoms with Crippen LogP contribution in [0.3, 0.4) is 0 Å². The van der Waals surface area contributed by atoms with Crippen LogP contribution in [0.2, 0.25) is 0 Å². The Labute approximate surface area is 222 Å². The molecule has 0 amide bonds. The summed E-state index contributed by atoms with van der Waals surface area (Å²) in [5, 5.41) is 24.9. The molecule has 206 valence electrons. The van der Waals surface area contributed by atoms with Gasteiger partial charge in [-0.3, -0.25) is 13.9 Å². The fourth-order valence-electron chi connectivity index (χ4n) is 3.77. The van der Waals surface area contributed by atoms with E-state index in [2.05, 4.69) is 20.0 Å². The molecule has 2 aromatic heterocycles. The maximum atomic E-state index is 13.7. The first kappa shape index (κ1) is 28.1. The van der Waals surface area contributed by atoms with Gasteiger partial charge in [0.1, 0.15) is 34.2 Å². The molecule has 0 spiro atoms. The lowest BCUT2D eigenvalue weighted by Gasteiger charge is -2.28. The van der Waals surface area contributed by atoms with E-state index in [0.717, 1.165) is 0 Å². The molecule has 6 N–H and O–H groups in total. The van der Waals surface area contributed by atoms with Crippen molar-refractivity contribution in [3.63, 3.8) is 0 Å². The number of H-pyrrole nitrogens is 1. The Bertz CT molecular complexity index is 1400. The van der Waals surface area contributed by atoms with Gasteiger partial charge in [0.05, 0.1) is 25.6 Å². The number of hydrogen-bond acceptors (Lipinski definition) is 12. The minimum atomic E-state index is -4.22. The molecule has 1 aliphatic heterocycles. The molecule has 3 unspecified atom stereocenters. The highest BCUT2D eigenvalue weighted by Crippen LogP contribution is 2.46. The average molecular weight is 569 g/mol. The normalized spacial score (nSPS) is 23.8. The van der Waals surface area contributed by atoms with Crippen LogP contribution < -0.4 is 15.3 Å². The van der Waals surface area contributed by atoms with Gasteiger partial charge in [-0.05, 0) is 32.9 Å². The Balaban J connectivity index is 1.53. The van der Waals surface area contributed by atoms with Crippen molar-refractivity contribution in [2.24, 2.45) is 0 Å². The zero-order valence-electron chi connectivity index (χ0n) is 20.8. The van der Waals surface area contributed by atoms with Crippen LogP contribution in [0.1, 0.15) is 20.8 Å². The van der Waals surface area contributed by atoms with E-state index in [9.17, 15) is 19.6 Å². The van der Waals surface area contributed by atoms with Gasteiger partial charge in [0, 0.05) is 0 Å². The van der Waals surface area contributed by atoms with Crippen LogP contribution in [0.5, 0.6) is 5.75 Å². The maximum absolute atomic E-state index is 13.7. The molecule has 4 rings (SSSR count). The number of anilines is 1. The van der Waals surface area contributed by atoms with Crippen LogP contribution in [-0.4, -0.2) is 73.3 Å². The van der Waals surface area contributed by atoms with Crippen LogP contribution in [0.4, 0.5) is 5.95 Å². The lowest BCUT2D eigenvalue weighted by atomic mass is 10.1. The monoisotopic (exact) mass is 568 g/mol. The number of imidazole rings is 1. The van der Waals surface area contributed by atoms with Crippen LogP contribution in [-0.2, 0) is 29.1 Å². The second-order valence-electron chi connectivity index (χ2n) is 8.94. The van der Waals surface area contributed by atoms with Gasteiger partial charge in [-0.2, -0.15) is 10.1 Å². The molecule has 14 nitrogen and oxygen atoms in total. The van der Waals surface area contributed by atoms with Gasteiger partial charge in [0.15, 0.2) is 11.4 Å². The Morgan fingerprint density at radius 3 is 2.79 bits per heavy atom. The third-order valence-corrected chi connectivity index (χ3v) is 7.55. The van der Waals surface area contributed by atoms with Crippen LogP contribution in [0, 0.1) is 4.64 Å². The molecule has 1 aromatic carbocycles. The summed E-state index contributed by atoms with van der Waals surface area (Å²) in [4.78, 5) is 23.3. The molecular formula is C22H29N6O8PS. The van der Waals surface area contributed by atoms with Crippen molar-refractivity contribution in [2.45, 2.75) is 50.8 Å². The number of hydrogen-bond donors (Lipinski definition) is 5. The largest absolute Gasteiger partial charge is 0.462 e. The van der Waals surface area contributed by atoms with Gasteiger partial charge in [0.25, 0.3) is 0 Å². The number of fused-ring (bicyclic) bond motifs is 1. The summed E-state index contributed by atoms with van der Waals surface area (Å²) < 4.78 is 37.0. The molecule has 0 bridgehead atoms. The van der Waals surface area contributed by atoms with E-state index in [4.69, 9.17) is 36.5 Å². The second-order valence-corrected chi connectivity index (χ2v) is 11.0. The number of aliphatic hydroxyl groups is 2. The Hall–Kier alpha value is -2.91. The van der Waals surface area contributed by atoms with Crippen molar-refractivity contribution in [2.75, 3.05) is 18.9 Å². The fraction of sp³-hybridized carbons (Fsp3) is 0.455. The summed E-state index contributed by atoms with van der Waals surface area (Å²) in [5.74, 6) is -0.456. The molecule has 3 heterocycles. The predicted molar refractivity (Wildman–Crippen MR) is 138 cm³/mol. The molecule has 16 heteroatoms. The lowest BCUT2D eigenvalue weighted by Crippen LogP contribution is -2.47. The molecule has 1 saturated heterocycles. The van der Waals surface area contributed by atoms with Gasteiger partial charge in [-0.1, -0.05) is 30.4 Å². The van der Waals surface area contributed by atoms with Crippen molar-refractivity contribution in [3.05, 3.63) is 41.3 Å². The number of aromatic amines is 1. The average Bonchev–Trinajstić information content (AvgIpc) is 3.40. The van der Waals surface area contributed by atoms with Gasteiger partial charge >= 0.3 is 13.7 Å². The molecule has 3 aromatic rings. The number of rotatable bonds is 10. The van der Waals surface area contributed by atoms with E-state index in [1.807, 2.05) is 0 Å². The molecule has 1 aliphatic rings. The molecule has 0 saturated carbocycles. The van der Waals surface area contributed by atoms with Crippen molar-refractivity contribution < 1.29 is 38.1 Å². The number of nitrogens with one attached hydrogen (secondary N) is 2. The lowest BCUT2D eigenvalue weighted by molar-refractivity contribution is -0.149. The zero-order chi connectivity index (χ0) is 27.7. The summed E-state index contributed by atoms with van der Waals surface area (Å²) in [7, 11) is -4.22. The summed E-state index contributed by atoms with van der Waals surface area (Å²) >= 11 is 5.20. The van der Waals surface area contributed by atoms with Crippen molar-refractivity contribution in [3.8, 4) is 5.75 Å². The fourth-order valence-corrected chi connectivity index (χ4v) is 5.52. The Morgan fingerprint density at radius 1 is 1.39 bits per heavy atom. The number of carbonyl (C=O) groups is 1. The summed E-state index contributed by atoms with van der Waals surface area (Å²) in [6.07, 6.45) is -1.86. The van der Waals surface area contributed by atoms with E-state index in [0.29, 0.717) is 0 Å². The number of carbonyl (C=O) groups excluding carboxylic acids is 1. The van der Waals surface area contributed by atoms with Crippen LogP contribution in [0.15, 0.2) is 36.7 Å². The quantitative estimate of drug-likeness (QED) is 0.134. The smallest absolute Gasteiger partial charge is 0.459 e. The highest BCUT2D eigenvalue weighted by atomic mass is 32.1. The van der Waals surface area contributed by atoms with Crippen LogP contribution in [0.25, 0.3) is 11.2 Å². The third-order valence-electron chi connectivity index (χ3n) is 5.61. The highest BCUT2D eigenvalue weighted by molar-refractivity contribution is 7.71. The van der Waals surface area contributed by atoms with Gasteiger partial charge in [0.2, 0.25) is 5.95 Å². The highest BCUT2D eigenvalue weighted by Gasteiger charge is 2.51. The minimum absolute atomic E-state index is 0.00340. The van der Waals surface area contributed by atoms with Crippen molar-refractivity contribution in [1.82, 2.24) is 24.6 Å². The standard InChI is InChI=1S/C22H29N6O8PS/c1-12(2)35-20(30)13(3)27-37(32,36-14-7-5-4-6-8-14)34-9-15-17(29)22(31,10-33-15)28-11-24-16-18(28)25-21(23)26-19(16)38/h4-8,11-13,15,17,29,31H,9-10H2,1-3H3,(H,27,32)(H3,23,25,26,38)/t13-,15+,17?,22?,37?/m0/s1. The second kappa shape index (κ2) is 11.1. The Morgan fingerprint density at radius 2 is 2.11 bits per heavy atom. The molecule has 1 fully saturated rings. The maximum Gasteiger partial charge on any atom is 0.459 e. The first-order valence-corrected chi connectivity index (χ1v) is 13.6. The SMILES string of the molecule is CC(C)OC(=O)[C@H](C)NP(=O)(OC[C@H]1OCC(O)(n2cnc3c(=S)[nH]c(N)nc32)C1O)Oc1ccccc1. The van der Waals surface area contributed by atoms with E-state index >= 15 is 0 Å². The molecule has 0 radical (unpaired) electrons. The Kier molecular flexibility index (Phi) is 8.18. The number of aliphatic hydroxyl groups excluding tert-OH is 1. The topological polar surface area (TPSA) is 196 Å². The third kappa shape index (κ3) is 5.89. The van der Waals surface area contributed by atoms with E-state index in [1.165, 1.54) is 17.8 Å². The summed E-state index contributed by atoms with van der Waals surface area (Å²) in [6, 6.07) is 7.14. The van der Waals surface area contributed by atoms with E-state index in [-0.39, 0.29) is 40.2 Å². The first-order chi connectivity index (χ1) is 17.9. The summed E-state index contributed by atoms with van der Waals surface area (Å²) in [5.41, 5.74) is 4.13. The van der Waals surface area contributed by atoms with Gasteiger partial charge in [-0.25, -0.2) is 9.55 Å².